The van der Waals surface area contributed by atoms with Gasteiger partial charge in [0.1, 0.15) is 5.76 Å². The number of aryl methyl sites for hydroxylation is 1. The number of amides is 2. The topological polar surface area (TPSA) is 84.2 Å². The van der Waals surface area contributed by atoms with E-state index in [2.05, 4.69) is 29.6 Å². The van der Waals surface area contributed by atoms with Crippen molar-refractivity contribution in [2.45, 2.75) is 53.0 Å². The fraction of sp³-hybridized carbons (Fsp3) is 0.688. The van der Waals surface area contributed by atoms with Crippen molar-refractivity contribution in [2.24, 2.45) is 5.92 Å². The number of carbonyl (C=O) groups is 2. The SMILES string of the molecule is Cc1cc(NC(=O)CSCC(=O)NC(C)CCCC(C)C)no1. The number of thioether (sulfide) groups is 1. The lowest BCUT2D eigenvalue weighted by molar-refractivity contribution is -0.119. The molecule has 0 aromatic carbocycles. The van der Waals surface area contributed by atoms with E-state index < -0.39 is 0 Å². The second kappa shape index (κ2) is 10.3. The zero-order valence-corrected chi connectivity index (χ0v) is 15.2. The van der Waals surface area contributed by atoms with Crippen molar-refractivity contribution in [3.63, 3.8) is 0 Å². The molecule has 0 aliphatic carbocycles. The zero-order valence-electron chi connectivity index (χ0n) is 14.3. The van der Waals surface area contributed by atoms with E-state index in [-0.39, 0.29) is 29.4 Å². The lowest BCUT2D eigenvalue weighted by Crippen LogP contribution is -2.34. The van der Waals surface area contributed by atoms with Gasteiger partial charge in [-0.2, -0.15) is 0 Å². The highest BCUT2D eigenvalue weighted by molar-refractivity contribution is 8.00. The number of nitrogens with one attached hydrogen (secondary N) is 2. The second-order valence-electron chi connectivity index (χ2n) is 6.16. The van der Waals surface area contributed by atoms with Crippen LogP contribution in [0.4, 0.5) is 5.82 Å². The average molecular weight is 341 g/mol. The van der Waals surface area contributed by atoms with Gasteiger partial charge in [-0.25, -0.2) is 0 Å². The van der Waals surface area contributed by atoms with Crippen LogP contribution >= 0.6 is 11.8 Å². The van der Waals surface area contributed by atoms with Crippen molar-refractivity contribution in [2.75, 3.05) is 16.8 Å². The van der Waals surface area contributed by atoms with E-state index in [9.17, 15) is 9.59 Å². The first-order chi connectivity index (χ1) is 10.9. The Balaban J connectivity index is 2.12. The fourth-order valence-corrected chi connectivity index (χ4v) is 2.69. The van der Waals surface area contributed by atoms with Gasteiger partial charge in [0.05, 0.1) is 11.5 Å². The largest absolute Gasteiger partial charge is 0.360 e. The summed E-state index contributed by atoms with van der Waals surface area (Å²) in [7, 11) is 0. The Labute approximate surface area is 142 Å². The number of rotatable bonds is 10. The molecule has 130 valence electrons. The minimum absolute atomic E-state index is 0.0304. The van der Waals surface area contributed by atoms with Gasteiger partial charge in [0.2, 0.25) is 11.8 Å². The Morgan fingerprint density at radius 1 is 1.22 bits per heavy atom. The van der Waals surface area contributed by atoms with Crippen LogP contribution in [0, 0.1) is 12.8 Å². The predicted molar refractivity (Wildman–Crippen MR) is 93.5 cm³/mol. The van der Waals surface area contributed by atoms with Gasteiger partial charge in [-0.1, -0.05) is 31.8 Å². The highest BCUT2D eigenvalue weighted by Gasteiger charge is 2.10. The number of carbonyl (C=O) groups excluding carboxylic acids is 2. The third-order valence-corrected chi connectivity index (χ3v) is 4.12. The van der Waals surface area contributed by atoms with Crippen molar-refractivity contribution < 1.29 is 14.1 Å². The van der Waals surface area contributed by atoms with Crippen LogP contribution < -0.4 is 10.6 Å². The van der Waals surface area contributed by atoms with Gasteiger partial charge < -0.3 is 15.2 Å². The Kier molecular flexibility index (Phi) is 8.76. The van der Waals surface area contributed by atoms with Crippen LogP contribution in [0.2, 0.25) is 0 Å². The molecule has 23 heavy (non-hydrogen) atoms. The molecule has 1 rings (SSSR count). The van der Waals surface area contributed by atoms with Crippen LogP contribution in [-0.4, -0.2) is 34.5 Å². The van der Waals surface area contributed by atoms with E-state index in [4.69, 9.17) is 4.52 Å². The number of anilines is 1. The van der Waals surface area contributed by atoms with Crippen LogP contribution in [0.25, 0.3) is 0 Å². The molecule has 1 atom stereocenters. The molecule has 0 aliphatic rings. The average Bonchev–Trinajstić information content (AvgIpc) is 2.83. The molecule has 0 radical (unpaired) electrons. The molecule has 2 amide bonds. The smallest absolute Gasteiger partial charge is 0.235 e. The van der Waals surface area contributed by atoms with Crippen molar-refractivity contribution in [3.05, 3.63) is 11.8 Å². The van der Waals surface area contributed by atoms with E-state index in [0.717, 1.165) is 12.8 Å². The summed E-state index contributed by atoms with van der Waals surface area (Å²) in [6, 6.07) is 1.82. The highest BCUT2D eigenvalue weighted by Crippen LogP contribution is 2.10. The third-order valence-electron chi connectivity index (χ3n) is 3.19. The summed E-state index contributed by atoms with van der Waals surface area (Å²) in [5.41, 5.74) is 0. The molecule has 1 aromatic rings. The van der Waals surface area contributed by atoms with E-state index in [1.807, 2.05) is 6.92 Å². The normalized spacial score (nSPS) is 12.2. The fourth-order valence-electron chi connectivity index (χ4n) is 2.06. The summed E-state index contributed by atoms with van der Waals surface area (Å²) in [6.45, 7) is 8.17. The third kappa shape index (κ3) is 9.28. The second-order valence-corrected chi connectivity index (χ2v) is 7.14. The van der Waals surface area contributed by atoms with Crippen LogP contribution in [0.3, 0.4) is 0 Å². The Morgan fingerprint density at radius 3 is 2.52 bits per heavy atom. The van der Waals surface area contributed by atoms with Gasteiger partial charge in [0, 0.05) is 12.1 Å². The first kappa shape index (κ1) is 19.5. The molecular formula is C16H27N3O3S. The summed E-state index contributed by atoms with van der Waals surface area (Å²) < 4.78 is 4.86. The maximum absolute atomic E-state index is 11.8. The van der Waals surface area contributed by atoms with E-state index >= 15 is 0 Å². The summed E-state index contributed by atoms with van der Waals surface area (Å²) in [5.74, 6) is 2.00. The summed E-state index contributed by atoms with van der Waals surface area (Å²) in [5, 5.41) is 9.26. The number of hydrogen-bond donors (Lipinski definition) is 2. The lowest BCUT2D eigenvalue weighted by atomic mass is 10.0. The highest BCUT2D eigenvalue weighted by atomic mass is 32.2. The monoisotopic (exact) mass is 341 g/mol. The molecule has 1 unspecified atom stereocenters. The molecular weight excluding hydrogens is 314 g/mol. The van der Waals surface area contributed by atoms with E-state index in [1.165, 1.54) is 18.2 Å². The molecule has 0 bridgehead atoms. The minimum atomic E-state index is -0.193. The lowest BCUT2D eigenvalue weighted by Gasteiger charge is -2.14. The van der Waals surface area contributed by atoms with Gasteiger partial charge >= 0.3 is 0 Å². The van der Waals surface area contributed by atoms with Crippen LogP contribution in [0.15, 0.2) is 10.6 Å². The van der Waals surface area contributed by atoms with Gasteiger partial charge in [0.15, 0.2) is 5.82 Å². The van der Waals surface area contributed by atoms with Crippen LogP contribution in [0.5, 0.6) is 0 Å². The summed E-state index contributed by atoms with van der Waals surface area (Å²) in [4.78, 5) is 23.5. The number of hydrogen-bond acceptors (Lipinski definition) is 5. The summed E-state index contributed by atoms with van der Waals surface area (Å²) >= 11 is 1.28. The summed E-state index contributed by atoms with van der Waals surface area (Å²) in [6.07, 6.45) is 3.28. The van der Waals surface area contributed by atoms with Gasteiger partial charge in [-0.15, -0.1) is 11.8 Å². The molecule has 0 spiro atoms. The van der Waals surface area contributed by atoms with Crippen molar-refractivity contribution >= 4 is 29.4 Å². The van der Waals surface area contributed by atoms with Crippen molar-refractivity contribution in [1.29, 1.82) is 0 Å². The van der Waals surface area contributed by atoms with Crippen LogP contribution in [-0.2, 0) is 9.59 Å². The number of nitrogens with zero attached hydrogens (tertiary/aromatic N) is 1. The standard InChI is InChI=1S/C16H27N3O3S/c1-11(2)6-5-7-12(3)17-15(20)9-23-10-16(21)18-14-8-13(4)22-19-14/h8,11-12H,5-7,9-10H2,1-4H3,(H,17,20)(H,18,19,21). The Bertz CT molecular complexity index is 503. The first-order valence-electron chi connectivity index (χ1n) is 7.97. The van der Waals surface area contributed by atoms with Crippen LogP contribution in [0.1, 0.15) is 45.8 Å². The molecule has 0 aliphatic heterocycles. The van der Waals surface area contributed by atoms with Crippen molar-refractivity contribution in [3.8, 4) is 0 Å². The zero-order chi connectivity index (χ0) is 17.2. The molecule has 0 fully saturated rings. The van der Waals surface area contributed by atoms with E-state index in [1.54, 1.807) is 13.0 Å². The van der Waals surface area contributed by atoms with Gasteiger partial charge in [0.25, 0.3) is 0 Å². The Hall–Kier alpha value is -1.50. The molecule has 1 aromatic heterocycles. The molecule has 2 N–H and O–H groups in total. The van der Waals surface area contributed by atoms with E-state index in [0.29, 0.717) is 17.5 Å². The van der Waals surface area contributed by atoms with Crippen molar-refractivity contribution in [1.82, 2.24) is 10.5 Å². The maximum Gasteiger partial charge on any atom is 0.235 e. The molecule has 1 heterocycles. The first-order valence-corrected chi connectivity index (χ1v) is 9.12. The molecule has 0 saturated carbocycles. The van der Waals surface area contributed by atoms with Gasteiger partial charge in [-0.05, 0) is 26.2 Å². The molecule has 6 nitrogen and oxygen atoms in total. The minimum Gasteiger partial charge on any atom is -0.360 e. The maximum atomic E-state index is 11.8. The predicted octanol–water partition coefficient (Wildman–Crippen LogP) is 2.99. The quantitative estimate of drug-likeness (QED) is 0.683. The molecule has 7 heteroatoms. The van der Waals surface area contributed by atoms with Gasteiger partial charge in [-0.3, -0.25) is 9.59 Å². The number of aromatic nitrogens is 1. The molecule has 0 saturated heterocycles. The Morgan fingerprint density at radius 2 is 1.91 bits per heavy atom.